The highest BCUT2D eigenvalue weighted by molar-refractivity contribution is 7.90. The second kappa shape index (κ2) is 18.0. The standard InChI is InChI=1S/C48H59N9O7S/c1-31(2)38-6-4-5-7-39(38)42-30-49-18-21-56(42)35-25-48(26-35)15-19-55(20-16-48)34-8-9-40(43(23-34)64-36-22-33-12-17-50-44(33)52-28-36)46(58)54-65(62,63)37-24-41(57(60)61)45(53-29-37)51-27-32-10-13-47(3,59)14-11-32/h4-9,12,17,22-24,28-29,31-32,35,42,49,59H,10-11,13-16,18-21,25-27,30H2,1-3H3,(H,50,52)(H,51,53)(H,54,58)/t32?,42-,47?/m0/s1. The molecule has 0 unspecified atom stereocenters. The Bertz CT molecular complexity index is 2660. The topological polar surface area (TPSA) is 208 Å². The van der Waals surface area contributed by atoms with Crippen molar-refractivity contribution in [2.75, 3.05) is 49.5 Å². The molecule has 1 amide bonds. The lowest BCUT2D eigenvalue weighted by atomic mass is 9.59. The van der Waals surface area contributed by atoms with Gasteiger partial charge in [0.05, 0.1) is 28.5 Å². The molecule has 2 aliphatic carbocycles. The van der Waals surface area contributed by atoms with Gasteiger partial charge in [-0.15, -0.1) is 0 Å². The molecule has 2 saturated carbocycles. The molecule has 4 fully saturated rings. The lowest BCUT2D eigenvalue weighted by Gasteiger charge is -2.57. The van der Waals surface area contributed by atoms with Gasteiger partial charge in [0.25, 0.3) is 15.9 Å². The third-order valence-corrected chi connectivity index (χ3v) is 15.7. The first-order chi connectivity index (χ1) is 31.2. The third kappa shape index (κ3) is 9.55. The predicted molar refractivity (Wildman–Crippen MR) is 249 cm³/mol. The minimum absolute atomic E-state index is 0.0429. The van der Waals surface area contributed by atoms with Crippen LogP contribution in [0, 0.1) is 21.4 Å². The number of H-pyrrole nitrogens is 1. The summed E-state index contributed by atoms with van der Waals surface area (Å²) in [7, 11) is -4.63. The van der Waals surface area contributed by atoms with Crippen molar-refractivity contribution in [1.29, 1.82) is 0 Å². The normalized spacial score (nSPS) is 22.8. The van der Waals surface area contributed by atoms with E-state index in [-0.39, 0.29) is 28.5 Å². The fourth-order valence-corrected chi connectivity index (χ4v) is 11.5. The number of pyridine rings is 2. The molecule has 17 heteroatoms. The average Bonchev–Trinajstić information content (AvgIpc) is 3.76. The molecule has 0 radical (unpaired) electrons. The summed E-state index contributed by atoms with van der Waals surface area (Å²) in [6.07, 6.45) is 11.4. The van der Waals surface area contributed by atoms with Crippen molar-refractivity contribution in [3.63, 3.8) is 0 Å². The number of nitro groups is 1. The molecule has 4 aliphatic rings. The first-order valence-corrected chi connectivity index (χ1v) is 24.4. The van der Waals surface area contributed by atoms with Gasteiger partial charge in [0.2, 0.25) is 5.82 Å². The van der Waals surface area contributed by atoms with Gasteiger partial charge in [-0.05, 0) is 111 Å². The Labute approximate surface area is 379 Å². The molecule has 1 atom stereocenters. The summed E-state index contributed by atoms with van der Waals surface area (Å²) < 4.78 is 35.9. The van der Waals surface area contributed by atoms with Gasteiger partial charge in [0.1, 0.15) is 22.0 Å². The minimum atomic E-state index is -4.63. The summed E-state index contributed by atoms with van der Waals surface area (Å²) in [4.78, 5) is 41.5. The number of aromatic nitrogens is 3. The number of aromatic amines is 1. The maximum atomic E-state index is 14.0. The summed E-state index contributed by atoms with van der Waals surface area (Å²) >= 11 is 0. The molecule has 344 valence electrons. The molecule has 3 aromatic heterocycles. The van der Waals surface area contributed by atoms with Crippen LogP contribution in [-0.2, 0) is 10.0 Å². The van der Waals surface area contributed by atoms with Crippen molar-refractivity contribution in [2.24, 2.45) is 11.3 Å². The van der Waals surface area contributed by atoms with E-state index in [9.17, 15) is 28.4 Å². The molecule has 16 nitrogen and oxygen atoms in total. The number of rotatable bonds is 13. The number of hydrogen-bond acceptors (Lipinski definition) is 13. The van der Waals surface area contributed by atoms with E-state index in [0.717, 1.165) is 81.7 Å². The van der Waals surface area contributed by atoms with Crippen LogP contribution in [0.3, 0.4) is 0 Å². The number of hydrogen-bond donors (Lipinski definition) is 5. The lowest BCUT2D eigenvalue weighted by molar-refractivity contribution is -0.384. The molecular weight excluding hydrogens is 847 g/mol. The fraction of sp³-hybridized carbons (Fsp3) is 0.479. The number of amides is 1. The second-order valence-corrected chi connectivity index (χ2v) is 20.9. The number of nitrogens with one attached hydrogen (secondary N) is 4. The van der Waals surface area contributed by atoms with E-state index in [1.54, 1.807) is 37.4 Å². The largest absolute Gasteiger partial charge is 0.455 e. The molecule has 5 heterocycles. The van der Waals surface area contributed by atoms with Crippen molar-refractivity contribution in [3.05, 3.63) is 106 Å². The molecule has 2 aromatic carbocycles. The number of anilines is 2. The number of benzene rings is 2. The molecule has 0 bridgehead atoms. The van der Waals surface area contributed by atoms with Crippen LogP contribution in [-0.4, -0.2) is 95.1 Å². The van der Waals surface area contributed by atoms with Crippen LogP contribution in [0.5, 0.6) is 11.5 Å². The maximum absolute atomic E-state index is 14.0. The minimum Gasteiger partial charge on any atom is -0.455 e. The molecule has 9 rings (SSSR count). The van der Waals surface area contributed by atoms with E-state index in [4.69, 9.17) is 4.74 Å². The zero-order valence-electron chi connectivity index (χ0n) is 37.3. The van der Waals surface area contributed by atoms with Crippen LogP contribution in [0.25, 0.3) is 11.0 Å². The van der Waals surface area contributed by atoms with Gasteiger partial charge < -0.3 is 30.4 Å². The van der Waals surface area contributed by atoms with Gasteiger partial charge in [-0.25, -0.2) is 23.1 Å². The molecule has 1 spiro atoms. The van der Waals surface area contributed by atoms with E-state index < -0.39 is 37.0 Å². The van der Waals surface area contributed by atoms with Crippen LogP contribution in [0.15, 0.2) is 84.1 Å². The highest BCUT2D eigenvalue weighted by Gasteiger charge is 2.49. The van der Waals surface area contributed by atoms with E-state index in [0.29, 0.717) is 48.8 Å². The smallest absolute Gasteiger partial charge is 0.312 e. The number of carbonyl (C=O) groups excluding carboxylic acids is 1. The second-order valence-electron chi connectivity index (χ2n) is 19.2. The Hall–Kier alpha value is -5.62. The number of piperidine rings is 1. The van der Waals surface area contributed by atoms with Gasteiger partial charge in [0.15, 0.2) is 0 Å². The Morgan fingerprint density at radius 3 is 2.54 bits per heavy atom. The van der Waals surface area contributed by atoms with E-state index in [1.807, 2.05) is 6.07 Å². The Morgan fingerprint density at radius 1 is 1.02 bits per heavy atom. The molecule has 2 saturated heterocycles. The molecule has 5 aromatic rings. The van der Waals surface area contributed by atoms with Crippen LogP contribution < -0.4 is 25.0 Å². The zero-order valence-corrected chi connectivity index (χ0v) is 38.1. The van der Waals surface area contributed by atoms with Gasteiger partial charge in [-0.2, -0.15) is 0 Å². The van der Waals surface area contributed by atoms with E-state index in [2.05, 4.69) is 78.2 Å². The Morgan fingerprint density at radius 2 is 1.78 bits per heavy atom. The van der Waals surface area contributed by atoms with Gasteiger partial charge in [0, 0.05) is 80.8 Å². The highest BCUT2D eigenvalue weighted by Crippen LogP contribution is 2.53. The summed E-state index contributed by atoms with van der Waals surface area (Å²) in [5, 5.41) is 29.9. The molecule has 2 aliphatic heterocycles. The number of carbonyl (C=O) groups is 1. The number of ether oxygens (including phenoxy) is 1. The van der Waals surface area contributed by atoms with Crippen molar-refractivity contribution >= 4 is 44.2 Å². The molecule has 5 N–H and O–H groups in total. The lowest BCUT2D eigenvalue weighted by Crippen LogP contribution is -2.59. The van der Waals surface area contributed by atoms with Crippen LogP contribution in [0.2, 0.25) is 0 Å². The first-order valence-electron chi connectivity index (χ1n) is 22.9. The van der Waals surface area contributed by atoms with Crippen molar-refractivity contribution in [1.82, 2.24) is 29.9 Å². The number of nitrogens with zero attached hydrogens (tertiary/aromatic N) is 5. The third-order valence-electron chi connectivity index (χ3n) is 14.4. The number of aliphatic hydroxyl groups is 1. The van der Waals surface area contributed by atoms with Crippen LogP contribution in [0.1, 0.15) is 106 Å². The quantitative estimate of drug-likeness (QED) is 0.0569. The highest BCUT2D eigenvalue weighted by atomic mass is 32.2. The number of fused-ring (bicyclic) bond motifs is 1. The Kier molecular flexibility index (Phi) is 12.3. The number of piperazine rings is 1. The fourth-order valence-electron chi connectivity index (χ4n) is 10.5. The van der Waals surface area contributed by atoms with Crippen molar-refractivity contribution < 1.29 is 28.0 Å². The van der Waals surface area contributed by atoms with Gasteiger partial charge >= 0.3 is 5.69 Å². The van der Waals surface area contributed by atoms with E-state index >= 15 is 0 Å². The van der Waals surface area contributed by atoms with E-state index in [1.165, 1.54) is 30.2 Å². The average molecular weight is 906 g/mol. The maximum Gasteiger partial charge on any atom is 0.312 e. The van der Waals surface area contributed by atoms with Crippen LogP contribution >= 0.6 is 0 Å². The summed E-state index contributed by atoms with van der Waals surface area (Å²) in [5.41, 5.74) is 3.34. The predicted octanol–water partition coefficient (Wildman–Crippen LogP) is 7.65. The first kappa shape index (κ1) is 44.6. The SMILES string of the molecule is CC(C)c1ccccc1[C@@H]1CNCCN1C1CC2(CCN(c3ccc(C(=O)NS(=O)(=O)c4cnc(NCC5CCC(C)(O)CC5)c([N+](=O)[O-])c4)c(Oc4cnc5[nH]ccc5c4)c3)CC2)C1. The van der Waals surface area contributed by atoms with Crippen LogP contribution in [0.4, 0.5) is 17.2 Å². The Balaban J connectivity index is 0.898. The monoisotopic (exact) mass is 905 g/mol. The number of sulfonamides is 1. The van der Waals surface area contributed by atoms with Gasteiger partial charge in [-0.1, -0.05) is 38.1 Å². The summed E-state index contributed by atoms with van der Waals surface area (Å²) in [6, 6.07) is 19.5. The molecule has 65 heavy (non-hydrogen) atoms. The van der Waals surface area contributed by atoms with Crippen molar-refractivity contribution in [3.8, 4) is 11.5 Å². The summed E-state index contributed by atoms with van der Waals surface area (Å²) in [6.45, 7) is 11.4. The summed E-state index contributed by atoms with van der Waals surface area (Å²) in [5.74, 6) is 0.0693. The van der Waals surface area contributed by atoms with Crippen molar-refractivity contribution in [2.45, 2.75) is 101 Å². The zero-order chi connectivity index (χ0) is 45.5. The molecular formula is C48H59N9O7S. The van der Waals surface area contributed by atoms with Gasteiger partial charge in [-0.3, -0.25) is 19.8 Å².